The van der Waals surface area contributed by atoms with Gasteiger partial charge in [-0.2, -0.15) is 10.2 Å². The third-order valence-corrected chi connectivity index (χ3v) is 4.92. The molecule has 0 fully saturated rings. The first-order chi connectivity index (χ1) is 14.9. The van der Waals surface area contributed by atoms with E-state index in [9.17, 15) is 14.4 Å². The molecule has 158 valence electrons. The van der Waals surface area contributed by atoms with Crippen molar-refractivity contribution in [3.05, 3.63) is 87.7 Å². The van der Waals surface area contributed by atoms with Gasteiger partial charge in [-0.05, 0) is 30.7 Å². The van der Waals surface area contributed by atoms with Crippen LogP contribution in [0.2, 0.25) is 0 Å². The monoisotopic (exact) mass is 420 g/mol. The van der Waals surface area contributed by atoms with Crippen LogP contribution in [-0.2, 0) is 16.6 Å². The number of ether oxygens (including phenoxy) is 1. The molecule has 9 nitrogen and oxygen atoms in total. The number of furan rings is 1. The molecule has 0 bridgehead atoms. The summed E-state index contributed by atoms with van der Waals surface area (Å²) in [6, 6.07) is 13.4. The molecule has 1 atom stereocenters. The Morgan fingerprint density at radius 1 is 1.16 bits per heavy atom. The van der Waals surface area contributed by atoms with Gasteiger partial charge in [0.25, 0.3) is 11.5 Å². The van der Waals surface area contributed by atoms with Crippen molar-refractivity contribution < 1.29 is 18.7 Å². The van der Waals surface area contributed by atoms with Gasteiger partial charge in [-0.3, -0.25) is 9.59 Å². The lowest BCUT2D eigenvalue weighted by Gasteiger charge is -2.19. The number of carbonyl (C=O) groups is 2. The van der Waals surface area contributed by atoms with E-state index in [1.807, 2.05) is 31.2 Å². The summed E-state index contributed by atoms with van der Waals surface area (Å²) in [5, 5.41) is 9.60. The molecule has 3 aromatic rings. The summed E-state index contributed by atoms with van der Waals surface area (Å²) in [7, 11) is 1.42. The largest absolute Gasteiger partial charge is 0.467 e. The van der Waals surface area contributed by atoms with Gasteiger partial charge in [0.2, 0.25) is 0 Å². The van der Waals surface area contributed by atoms with Crippen LogP contribution in [0.1, 0.15) is 39.8 Å². The molecule has 0 N–H and O–H groups in total. The Kier molecular flexibility index (Phi) is 5.48. The van der Waals surface area contributed by atoms with Gasteiger partial charge in [-0.25, -0.2) is 14.5 Å². The van der Waals surface area contributed by atoms with Gasteiger partial charge in [-0.1, -0.05) is 29.8 Å². The quantitative estimate of drug-likeness (QED) is 0.586. The van der Waals surface area contributed by atoms with E-state index < -0.39 is 24.5 Å². The van der Waals surface area contributed by atoms with Gasteiger partial charge in [0.15, 0.2) is 12.3 Å². The summed E-state index contributed by atoms with van der Waals surface area (Å²) in [5.41, 5.74) is 2.34. The summed E-state index contributed by atoms with van der Waals surface area (Å²) in [5.74, 6) is -0.715. The lowest BCUT2D eigenvalue weighted by Crippen LogP contribution is -2.31. The van der Waals surface area contributed by atoms with Gasteiger partial charge in [0, 0.05) is 19.5 Å². The Hall–Kier alpha value is -4.01. The molecule has 31 heavy (non-hydrogen) atoms. The third-order valence-electron chi connectivity index (χ3n) is 4.92. The highest BCUT2D eigenvalue weighted by Gasteiger charge is 2.35. The minimum absolute atomic E-state index is 0.0669. The van der Waals surface area contributed by atoms with Crippen LogP contribution in [0.3, 0.4) is 0 Å². The highest BCUT2D eigenvalue weighted by Crippen LogP contribution is 2.33. The predicted molar refractivity (Wildman–Crippen MR) is 110 cm³/mol. The second kappa shape index (κ2) is 8.39. The Balaban J connectivity index is 1.51. The number of esters is 1. The molecule has 1 aliphatic heterocycles. The van der Waals surface area contributed by atoms with Crippen molar-refractivity contribution in [1.29, 1.82) is 0 Å². The average molecular weight is 420 g/mol. The molecule has 1 aromatic carbocycles. The third kappa shape index (κ3) is 4.30. The Bertz CT molecular complexity index is 1200. The van der Waals surface area contributed by atoms with Crippen molar-refractivity contribution in [3.63, 3.8) is 0 Å². The second-order valence-corrected chi connectivity index (χ2v) is 7.14. The number of hydrogen-bond acceptors (Lipinski definition) is 7. The maximum Gasteiger partial charge on any atom is 0.359 e. The van der Waals surface area contributed by atoms with Crippen molar-refractivity contribution in [1.82, 2.24) is 14.8 Å². The van der Waals surface area contributed by atoms with E-state index in [2.05, 4.69) is 10.2 Å². The number of rotatable bonds is 5. The fourth-order valence-electron chi connectivity index (χ4n) is 3.24. The summed E-state index contributed by atoms with van der Waals surface area (Å²) < 4.78 is 11.6. The number of nitrogens with zero attached hydrogens (tertiary/aromatic N) is 4. The zero-order valence-corrected chi connectivity index (χ0v) is 17.0. The molecule has 4 rings (SSSR count). The number of hydrogen-bond donors (Lipinski definition) is 0. The summed E-state index contributed by atoms with van der Waals surface area (Å²) >= 11 is 0. The van der Waals surface area contributed by atoms with Gasteiger partial charge in [0.05, 0.1) is 12.0 Å². The standard InChI is InChI=1S/C22H20N4O5/c1-14-5-7-15(8-6-14)17-12-18(19-4-3-11-30-19)26(24-17)21(28)13-31-22(29)16-9-10-20(27)25(2)23-16/h3-11,18H,12-13H2,1-2H3. The van der Waals surface area contributed by atoms with E-state index in [1.54, 1.807) is 12.1 Å². The summed E-state index contributed by atoms with van der Waals surface area (Å²) in [6.07, 6.45) is 2.01. The van der Waals surface area contributed by atoms with E-state index in [0.29, 0.717) is 12.2 Å². The minimum atomic E-state index is -0.805. The van der Waals surface area contributed by atoms with Crippen molar-refractivity contribution in [3.8, 4) is 0 Å². The lowest BCUT2D eigenvalue weighted by molar-refractivity contribution is -0.136. The molecule has 3 heterocycles. The Labute approximate surface area is 177 Å². The molecule has 1 amide bonds. The zero-order chi connectivity index (χ0) is 22.0. The number of benzene rings is 1. The Morgan fingerprint density at radius 2 is 1.94 bits per heavy atom. The summed E-state index contributed by atoms with van der Waals surface area (Å²) in [6.45, 7) is 1.47. The van der Waals surface area contributed by atoms with E-state index in [4.69, 9.17) is 9.15 Å². The van der Waals surface area contributed by atoms with E-state index in [-0.39, 0.29) is 11.3 Å². The highest BCUT2D eigenvalue weighted by molar-refractivity contribution is 6.03. The maximum atomic E-state index is 12.9. The van der Waals surface area contributed by atoms with Gasteiger partial charge >= 0.3 is 5.97 Å². The van der Waals surface area contributed by atoms with Crippen LogP contribution in [-0.4, -0.2) is 39.0 Å². The molecular weight excluding hydrogens is 400 g/mol. The van der Waals surface area contributed by atoms with Crippen LogP contribution in [0.4, 0.5) is 0 Å². The fraction of sp³-hybridized carbons (Fsp3) is 0.227. The van der Waals surface area contributed by atoms with Gasteiger partial charge < -0.3 is 9.15 Å². The predicted octanol–water partition coefficient (Wildman–Crippen LogP) is 2.22. The molecule has 9 heteroatoms. The Morgan fingerprint density at radius 3 is 2.61 bits per heavy atom. The number of aryl methyl sites for hydroxylation is 2. The molecule has 0 saturated heterocycles. The maximum absolute atomic E-state index is 12.9. The molecule has 1 unspecified atom stereocenters. The topological polar surface area (TPSA) is 107 Å². The smallest absolute Gasteiger partial charge is 0.359 e. The van der Waals surface area contributed by atoms with Gasteiger partial charge in [-0.15, -0.1) is 0 Å². The lowest BCUT2D eigenvalue weighted by atomic mass is 10.0. The molecule has 1 aliphatic rings. The van der Waals surface area contributed by atoms with Crippen molar-refractivity contribution in [2.75, 3.05) is 6.61 Å². The van der Waals surface area contributed by atoms with Crippen LogP contribution >= 0.6 is 0 Å². The average Bonchev–Trinajstić information content (AvgIpc) is 3.44. The normalized spacial score (nSPS) is 15.6. The van der Waals surface area contributed by atoms with Crippen LogP contribution in [0.25, 0.3) is 0 Å². The van der Waals surface area contributed by atoms with E-state index >= 15 is 0 Å². The van der Waals surface area contributed by atoms with Crippen LogP contribution in [0, 0.1) is 6.92 Å². The molecule has 2 aromatic heterocycles. The fourth-order valence-corrected chi connectivity index (χ4v) is 3.24. The zero-order valence-electron chi connectivity index (χ0n) is 17.0. The summed E-state index contributed by atoms with van der Waals surface area (Å²) in [4.78, 5) is 36.5. The first kappa shape index (κ1) is 20.3. The SMILES string of the molecule is Cc1ccc(C2=NN(C(=O)COC(=O)c3ccc(=O)n(C)n3)C(c3ccco3)C2)cc1. The van der Waals surface area contributed by atoms with Crippen molar-refractivity contribution in [2.45, 2.75) is 19.4 Å². The number of hydrazone groups is 1. The number of carbonyl (C=O) groups excluding carboxylic acids is 2. The molecule has 0 saturated carbocycles. The molecule has 0 aliphatic carbocycles. The van der Waals surface area contributed by atoms with E-state index in [1.165, 1.54) is 30.5 Å². The van der Waals surface area contributed by atoms with Crippen molar-refractivity contribution in [2.24, 2.45) is 12.1 Å². The van der Waals surface area contributed by atoms with Crippen molar-refractivity contribution >= 4 is 17.6 Å². The first-order valence-electron chi connectivity index (χ1n) is 9.64. The molecular formula is C22H20N4O5. The molecule has 0 radical (unpaired) electrons. The minimum Gasteiger partial charge on any atom is -0.467 e. The van der Waals surface area contributed by atoms with Crippen LogP contribution < -0.4 is 5.56 Å². The number of amides is 1. The van der Waals surface area contributed by atoms with Gasteiger partial charge in [0.1, 0.15) is 11.8 Å². The highest BCUT2D eigenvalue weighted by atomic mass is 16.5. The number of aromatic nitrogens is 2. The first-order valence-corrected chi connectivity index (χ1v) is 9.64. The van der Waals surface area contributed by atoms with E-state index in [0.717, 1.165) is 21.5 Å². The van der Waals surface area contributed by atoms with Crippen LogP contribution in [0.15, 0.2) is 69.1 Å². The van der Waals surface area contributed by atoms with Crippen LogP contribution in [0.5, 0.6) is 0 Å². The second-order valence-electron chi connectivity index (χ2n) is 7.14. The molecule has 0 spiro atoms.